The number of hydrogen-bond acceptors (Lipinski definition) is 4. The molecular formula is C20H23NO4. The molecule has 0 bridgehead atoms. The SMILES string of the molecule is COc1ccc2c(c1)CN(C(=O)c1cc(C(C)C)c(O)cc1OC)C2. The largest absolute Gasteiger partial charge is 0.508 e. The number of carbonyl (C=O) groups excluding carboxylic acids is 1. The third-order valence-electron chi connectivity index (χ3n) is 4.62. The first-order valence-corrected chi connectivity index (χ1v) is 8.30. The molecule has 0 unspecified atom stereocenters. The van der Waals surface area contributed by atoms with Crippen molar-refractivity contribution in [1.82, 2.24) is 4.90 Å². The molecule has 132 valence electrons. The highest BCUT2D eigenvalue weighted by molar-refractivity contribution is 5.97. The van der Waals surface area contributed by atoms with Crippen LogP contribution in [-0.2, 0) is 13.1 Å². The predicted octanol–water partition coefficient (Wildman–Crippen LogP) is 3.69. The van der Waals surface area contributed by atoms with E-state index in [1.807, 2.05) is 32.0 Å². The molecule has 25 heavy (non-hydrogen) atoms. The monoisotopic (exact) mass is 341 g/mol. The molecule has 0 saturated carbocycles. The van der Waals surface area contributed by atoms with Crippen molar-refractivity contribution in [3.05, 3.63) is 52.6 Å². The van der Waals surface area contributed by atoms with Gasteiger partial charge in [-0.25, -0.2) is 0 Å². The Morgan fingerprint density at radius 2 is 1.80 bits per heavy atom. The summed E-state index contributed by atoms with van der Waals surface area (Å²) in [7, 11) is 3.14. The van der Waals surface area contributed by atoms with Crippen molar-refractivity contribution in [3.8, 4) is 17.2 Å². The highest BCUT2D eigenvalue weighted by Gasteiger charge is 2.27. The van der Waals surface area contributed by atoms with E-state index < -0.39 is 0 Å². The Bertz CT molecular complexity index is 814. The summed E-state index contributed by atoms with van der Waals surface area (Å²) in [6, 6.07) is 9.13. The van der Waals surface area contributed by atoms with Gasteiger partial charge in [0.15, 0.2) is 0 Å². The zero-order valence-electron chi connectivity index (χ0n) is 15.0. The maximum Gasteiger partial charge on any atom is 0.258 e. The van der Waals surface area contributed by atoms with E-state index in [4.69, 9.17) is 9.47 Å². The molecule has 2 aromatic rings. The van der Waals surface area contributed by atoms with Crippen molar-refractivity contribution in [2.24, 2.45) is 0 Å². The molecule has 0 saturated heterocycles. The number of benzene rings is 2. The summed E-state index contributed by atoms with van der Waals surface area (Å²) in [4.78, 5) is 14.8. The summed E-state index contributed by atoms with van der Waals surface area (Å²) in [5.74, 6) is 1.34. The second kappa shape index (κ2) is 6.67. The number of rotatable bonds is 4. The number of carbonyl (C=O) groups is 1. The summed E-state index contributed by atoms with van der Waals surface area (Å²) in [5.41, 5.74) is 3.43. The first kappa shape index (κ1) is 17.1. The van der Waals surface area contributed by atoms with Gasteiger partial charge in [0.05, 0.1) is 19.8 Å². The van der Waals surface area contributed by atoms with Crippen LogP contribution < -0.4 is 9.47 Å². The quantitative estimate of drug-likeness (QED) is 0.921. The summed E-state index contributed by atoms with van der Waals surface area (Å²) in [5, 5.41) is 10.1. The lowest BCUT2D eigenvalue weighted by Crippen LogP contribution is -2.26. The highest BCUT2D eigenvalue weighted by Crippen LogP contribution is 2.35. The number of aromatic hydroxyl groups is 1. The molecule has 3 rings (SSSR count). The maximum atomic E-state index is 13.1. The Morgan fingerprint density at radius 3 is 2.44 bits per heavy atom. The van der Waals surface area contributed by atoms with Crippen LogP contribution in [0.4, 0.5) is 0 Å². The molecule has 0 atom stereocenters. The Balaban J connectivity index is 1.92. The van der Waals surface area contributed by atoms with Gasteiger partial charge >= 0.3 is 0 Å². The molecule has 1 N–H and O–H groups in total. The smallest absolute Gasteiger partial charge is 0.258 e. The zero-order chi connectivity index (χ0) is 18.1. The number of phenols is 1. The zero-order valence-corrected chi connectivity index (χ0v) is 15.0. The van der Waals surface area contributed by atoms with E-state index >= 15 is 0 Å². The van der Waals surface area contributed by atoms with Gasteiger partial charge in [-0.3, -0.25) is 4.79 Å². The first-order chi connectivity index (χ1) is 11.9. The number of amides is 1. The van der Waals surface area contributed by atoms with Crippen molar-refractivity contribution < 1.29 is 19.4 Å². The normalized spacial score (nSPS) is 13.1. The van der Waals surface area contributed by atoms with Crippen LogP contribution in [0, 0.1) is 0 Å². The van der Waals surface area contributed by atoms with Gasteiger partial charge in [0.1, 0.15) is 17.2 Å². The van der Waals surface area contributed by atoms with E-state index in [2.05, 4.69) is 0 Å². The lowest BCUT2D eigenvalue weighted by Gasteiger charge is -2.19. The number of methoxy groups -OCH3 is 2. The van der Waals surface area contributed by atoms with E-state index in [1.165, 1.54) is 13.2 Å². The van der Waals surface area contributed by atoms with Crippen LogP contribution in [0.15, 0.2) is 30.3 Å². The van der Waals surface area contributed by atoms with E-state index in [9.17, 15) is 9.90 Å². The second-order valence-corrected chi connectivity index (χ2v) is 6.56. The molecule has 5 nitrogen and oxygen atoms in total. The molecule has 2 aromatic carbocycles. The summed E-state index contributed by atoms with van der Waals surface area (Å²) < 4.78 is 10.6. The van der Waals surface area contributed by atoms with Gasteiger partial charge in [0.25, 0.3) is 5.91 Å². The number of hydrogen-bond donors (Lipinski definition) is 1. The van der Waals surface area contributed by atoms with Gasteiger partial charge in [0.2, 0.25) is 0 Å². The van der Waals surface area contributed by atoms with Crippen LogP contribution in [0.2, 0.25) is 0 Å². The fourth-order valence-electron chi connectivity index (χ4n) is 3.20. The highest BCUT2D eigenvalue weighted by atomic mass is 16.5. The minimum atomic E-state index is -0.103. The molecule has 5 heteroatoms. The average molecular weight is 341 g/mol. The van der Waals surface area contributed by atoms with Gasteiger partial charge in [-0.2, -0.15) is 0 Å². The van der Waals surface area contributed by atoms with Crippen molar-refractivity contribution in [2.75, 3.05) is 14.2 Å². The van der Waals surface area contributed by atoms with Crippen LogP contribution in [-0.4, -0.2) is 30.1 Å². The van der Waals surface area contributed by atoms with Gasteiger partial charge in [0, 0.05) is 19.2 Å². The third kappa shape index (κ3) is 3.14. The van der Waals surface area contributed by atoms with Gasteiger partial charge < -0.3 is 19.5 Å². The molecule has 0 fully saturated rings. The lowest BCUT2D eigenvalue weighted by molar-refractivity contribution is 0.0747. The Labute approximate surface area is 147 Å². The van der Waals surface area contributed by atoms with E-state index in [0.29, 0.717) is 24.4 Å². The second-order valence-electron chi connectivity index (χ2n) is 6.56. The van der Waals surface area contributed by atoms with Gasteiger partial charge in [-0.1, -0.05) is 19.9 Å². The Morgan fingerprint density at radius 1 is 1.08 bits per heavy atom. The fraction of sp³-hybridized carbons (Fsp3) is 0.350. The molecule has 1 aliphatic rings. The maximum absolute atomic E-state index is 13.1. The fourth-order valence-corrected chi connectivity index (χ4v) is 3.20. The summed E-state index contributed by atoms with van der Waals surface area (Å²) >= 11 is 0. The van der Waals surface area contributed by atoms with Crippen LogP contribution >= 0.6 is 0 Å². The van der Waals surface area contributed by atoms with Crippen LogP contribution in [0.25, 0.3) is 0 Å². The van der Waals surface area contributed by atoms with Crippen molar-refractivity contribution in [1.29, 1.82) is 0 Å². The minimum absolute atomic E-state index is 0.103. The topological polar surface area (TPSA) is 59.0 Å². The van der Waals surface area contributed by atoms with Crippen molar-refractivity contribution >= 4 is 5.91 Å². The average Bonchev–Trinajstić information content (AvgIpc) is 3.03. The molecule has 1 heterocycles. The molecule has 0 spiro atoms. The lowest BCUT2D eigenvalue weighted by atomic mass is 9.98. The molecule has 0 aromatic heterocycles. The molecule has 0 radical (unpaired) electrons. The van der Waals surface area contributed by atoms with Crippen molar-refractivity contribution in [3.63, 3.8) is 0 Å². The number of phenolic OH excluding ortho intramolecular Hbond substituents is 1. The van der Waals surface area contributed by atoms with Crippen LogP contribution in [0.5, 0.6) is 17.2 Å². The minimum Gasteiger partial charge on any atom is -0.508 e. The number of nitrogens with zero attached hydrogens (tertiary/aromatic N) is 1. The molecule has 1 amide bonds. The third-order valence-corrected chi connectivity index (χ3v) is 4.62. The van der Waals surface area contributed by atoms with E-state index in [0.717, 1.165) is 22.4 Å². The van der Waals surface area contributed by atoms with Gasteiger partial charge in [-0.15, -0.1) is 0 Å². The standard InChI is InChI=1S/C20H23NO4/c1-12(2)16-8-17(19(25-4)9-18(16)22)20(23)21-10-13-5-6-15(24-3)7-14(13)11-21/h5-9,12,22H,10-11H2,1-4H3. The predicted molar refractivity (Wildman–Crippen MR) is 95.3 cm³/mol. The van der Waals surface area contributed by atoms with E-state index in [1.54, 1.807) is 18.1 Å². The molecular weight excluding hydrogens is 318 g/mol. The summed E-state index contributed by atoms with van der Waals surface area (Å²) in [6.45, 7) is 5.05. The van der Waals surface area contributed by atoms with Gasteiger partial charge in [-0.05, 0) is 40.8 Å². The molecule has 0 aliphatic carbocycles. The Hall–Kier alpha value is -2.69. The van der Waals surface area contributed by atoms with Crippen molar-refractivity contribution in [2.45, 2.75) is 32.9 Å². The Kier molecular flexibility index (Phi) is 4.57. The van der Waals surface area contributed by atoms with Crippen LogP contribution in [0.3, 0.4) is 0 Å². The summed E-state index contributed by atoms with van der Waals surface area (Å²) in [6.07, 6.45) is 0. The number of ether oxygens (including phenoxy) is 2. The van der Waals surface area contributed by atoms with E-state index in [-0.39, 0.29) is 17.6 Å². The first-order valence-electron chi connectivity index (χ1n) is 8.30. The van der Waals surface area contributed by atoms with Crippen LogP contribution in [0.1, 0.15) is 46.8 Å². The number of fused-ring (bicyclic) bond motifs is 1. The molecule has 1 aliphatic heterocycles.